The summed E-state index contributed by atoms with van der Waals surface area (Å²) in [5, 5.41) is 3.06. The maximum Gasteiger partial charge on any atom is 0.406 e. The molecule has 1 fully saturated rings. The van der Waals surface area contributed by atoms with Crippen molar-refractivity contribution in [2.75, 3.05) is 26.7 Å². The summed E-state index contributed by atoms with van der Waals surface area (Å²) in [6.07, 6.45) is -3.74. The summed E-state index contributed by atoms with van der Waals surface area (Å²) in [5.41, 5.74) is -0.681. The molecule has 17 heavy (non-hydrogen) atoms. The number of halogens is 3. The number of hydrogen-bond acceptors (Lipinski definition) is 2. The maximum absolute atomic E-state index is 12.3. The van der Waals surface area contributed by atoms with Crippen molar-refractivity contribution >= 4 is 5.91 Å². The molecule has 1 aliphatic rings. The van der Waals surface area contributed by atoms with Gasteiger partial charge in [0, 0.05) is 13.6 Å². The van der Waals surface area contributed by atoms with E-state index in [1.807, 2.05) is 13.8 Å². The van der Waals surface area contributed by atoms with Crippen molar-refractivity contribution in [3.8, 4) is 0 Å². The summed E-state index contributed by atoms with van der Waals surface area (Å²) in [6.45, 7) is 3.73. The number of carbonyl (C=O) groups excluding carboxylic acids is 1. The van der Waals surface area contributed by atoms with Crippen LogP contribution in [0.2, 0.25) is 0 Å². The van der Waals surface area contributed by atoms with Gasteiger partial charge in [0.2, 0.25) is 5.91 Å². The zero-order valence-corrected chi connectivity index (χ0v) is 10.4. The first kappa shape index (κ1) is 14.3. The molecule has 1 aliphatic heterocycles. The lowest BCUT2D eigenvalue weighted by atomic mass is 9.75. The van der Waals surface area contributed by atoms with Crippen molar-refractivity contribution < 1.29 is 18.0 Å². The van der Waals surface area contributed by atoms with E-state index in [1.54, 1.807) is 0 Å². The zero-order valence-electron chi connectivity index (χ0n) is 10.4. The van der Waals surface area contributed by atoms with Crippen LogP contribution in [0.5, 0.6) is 0 Å². The van der Waals surface area contributed by atoms with Crippen molar-refractivity contribution in [3.63, 3.8) is 0 Å². The molecular weight excluding hydrogens is 233 g/mol. The Labute approximate surface area is 99.4 Å². The predicted molar refractivity (Wildman–Crippen MR) is 58.4 cm³/mol. The fourth-order valence-electron chi connectivity index (χ4n) is 2.35. The van der Waals surface area contributed by atoms with E-state index in [2.05, 4.69) is 5.32 Å². The third kappa shape index (κ3) is 3.12. The Morgan fingerprint density at radius 3 is 2.41 bits per heavy atom. The van der Waals surface area contributed by atoms with E-state index in [1.165, 1.54) is 7.05 Å². The van der Waals surface area contributed by atoms with Crippen molar-refractivity contribution in [2.24, 2.45) is 11.3 Å². The second kappa shape index (κ2) is 4.84. The molecule has 3 nitrogen and oxygen atoms in total. The maximum atomic E-state index is 12.3. The highest BCUT2D eigenvalue weighted by atomic mass is 19.4. The monoisotopic (exact) mass is 252 g/mol. The van der Waals surface area contributed by atoms with Crippen molar-refractivity contribution in [2.45, 2.75) is 26.4 Å². The Hall–Kier alpha value is -0.780. The second-order valence-electron chi connectivity index (χ2n) is 5.01. The van der Waals surface area contributed by atoms with Gasteiger partial charge in [-0.25, -0.2) is 0 Å². The molecule has 0 aromatic heterocycles. The van der Waals surface area contributed by atoms with Crippen LogP contribution in [0.4, 0.5) is 13.2 Å². The Bertz CT molecular complexity index is 283. The molecule has 1 rings (SSSR count). The molecule has 1 heterocycles. The highest BCUT2D eigenvalue weighted by Gasteiger charge is 2.46. The highest BCUT2D eigenvalue weighted by molar-refractivity contribution is 5.83. The molecule has 0 aromatic rings. The average Bonchev–Trinajstić information content (AvgIpc) is 2.63. The molecule has 0 bridgehead atoms. The number of rotatable bonds is 3. The van der Waals surface area contributed by atoms with E-state index >= 15 is 0 Å². The Morgan fingerprint density at radius 1 is 1.47 bits per heavy atom. The van der Waals surface area contributed by atoms with Crippen LogP contribution in [-0.2, 0) is 4.79 Å². The minimum atomic E-state index is -4.34. The topological polar surface area (TPSA) is 32.3 Å². The fraction of sp³-hybridized carbons (Fsp3) is 0.909. The number of nitrogens with one attached hydrogen (secondary N) is 1. The smallest absolute Gasteiger partial charge is 0.336 e. The van der Waals surface area contributed by atoms with E-state index in [9.17, 15) is 18.0 Å². The molecule has 0 radical (unpaired) electrons. The van der Waals surface area contributed by atoms with Gasteiger partial charge in [-0.1, -0.05) is 13.8 Å². The third-order valence-electron chi connectivity index (χ3n) is 3.48. The first-order chi connectivity index (χ1) is 7.69. The summed E-state index contributed by atoms with van der Waals surface area (Å²) in [4.78, 5) is 13.0. The predicted octanol–water partition coefficient (Wildman–Crippen LogP) is 1.64. The number of alkyl halides is 3. The standard InChI is InChI=1S/C11H19F3N2O/c1-8(2)10(4-5-15-6-10)9(17)16(3)7-11(12,13)14/h8,15H,4-7H2,1-3H3. The molecule has 1 unspecified atom stereocenters. The molecule has 0 spiro atoms. The lowest BCUT2D eigenvalue weighted by Gasteiger charge is -2.35. The van der Waals surface area contributed by atoms with Crippen LogP contribution in [0.15, 0.2) is 0 Å². The number of amides is 1. The van der Waals surface area contributed by atoms with Crippen molar-refractivity contribution in [1.82, 2.24) is 10.2 Å². The summed E-state index contributed by atoms with van der Waals surface area (Å²) < 4.78 is 36.8. The van der Waals surface area contributed by atoms with Gasteiger partial charge in [0.15, 0.2) is 0 Å². The summed E-state index contributed by atoms with van der Waals surface area (Å²) >= 11 is 0. The minimum Gasteiger partial charge on any atom is -0.336 e. The second-order valence-corrected chi connectivity index (χ2v) is 5.01. The van der Waals surface area contributed by atoms with Crippen LogP contribution in [0.1, 0.15) is 20.3 Å². The van der Waals surface area contributed by atoms with E-state index in [0.717, 1.165) is 4.90 Å². The van der Waals surface area contributed by atoms with Gasteiger partial charge in [0.1, 0.15) is 6.54 Å². The average molecular weight is 252 g/mol. The molecule has 1 amide bonds. The largest absolute Gasteiger partial charge is 0.406 e. The summed E-state index contributed by atoms with van der Waals surface area (Å²) in [7, 11) is 1.22. The van der Waals surface area contributed by atoms with Crippen LogP contribution >= 0.6 is 0 Å². The van der Waals surface area contributed by atoms with Crippen LogP contribution in [0.3, 0.4) is 0 Å². The SMILES string of the molecule is CC(C)C1(C(=O)N(C)CC(F)(F)F)CCNC1. The van der Waals surface area contributed by atoms with E-state index in [4.69, 9.17) is 0 Å². The number of nitrogens with zero attached hydrogens (tertiary/aromatic N) is 1. The molecule has 0 saturated carbocycles. The molecule has 0 aliphatic carbocycles. The lowest BCUT2D eigenvalue weighted by Crippen LogP contribution is -2.49. The molecule has 1 atom stereocenters. The number of carbonyl (C=O) groups is 1. The Kier molecular flexibility index (Phi) is 4.06. The van der Waals surface area contributed by atoms with E-state index in [0.29, 0.717) is 19.5 Å². The van der Waals surface area contributed by atoms with Crippen molar-refractivity contribution in [3.05, 3.63) is 0 Å². The number of hydrogen-bond donors (Lipinski definition) is 1. The fourth-order valence-corrected chi connectivity index (χ4v) is 2.35. The Morgan fingerprint density at radius 2 is 2.06 bits per heavy atom. The first-order valence-corrected chi connectivity index (χ1v) is 5.72. The molecule has 100 valence electrons. The van der Waals surface area contributed by atoms with Gasteiger partial charge in [0.05, 0.1) is 5.41 Å². The van der Waals surface area contributed by atoms with Crippen LogP contribution in [0, 0.1) is 11.3 Å². The lowest BCUT2D eigenvalue weighted by molar-refractivity contribution is -0.166. The van der Waals surface area contributed by atoms with Crippen LogP contribution in [-0.4, -0.2) is 43.7 Å². The minimum absolute atomic E-state index is 0.0284. The van der Waals surface area contributed by atoms with E-state index in [-0.39, 0.29) is 5.92 Å². The summed E-state index contributed by atoms with van der Waals surface area (Å²) in [6, 6.07) is 0. The van der Waals surface area contributed by atoms with Gasteiger partial charge >= 0.3 is 6.18 Å². The van der Waals surface area contributed by atoms with Gasteiger partial charge in [-0.2, -0.15) is 13.2 Å². The van der Waals surface area contributed by atoms with Gasteiger partial charge < -0.3 is 10.2 Å². The summed E-state index contributed by atoms with van der Waals surface area (Å²) in [5.74, 6) is -0.379. The quantitative estimate of drug-likeness (QED) is 0.828. The Balaban J connectivity index is 2.79. The van der Waals surface area contributed by atoms with Gasteiger partial charge in [-0.3, -0.25) is 4.79 Å². The normalized spacial score (nSPS) is 25.4. The zero-order chi connectivity index (χ0) is 13.3. The third-order valence-corrected chi connectivity index (χ3v) is 3.48. The molecule has 1 N–H and O–H groups in total. The van der Waals surface area contributed by atoms with Crippen LogP contribution in [0.25, 0.3) is 0 Å². The highest BCUT2D eigenvalue weighted by Crippen LogP contribution is 2.36. The van der Waals surface area contributed by atoms with Gasteiger partial charge in [0.25, 0.3) is 0 Å². The molecule has 6 heteroatoms. The van der Waals surface area contributed by atoms with E-state index < -0.39 is 24.0 Å². The molecule has 0 aromatic carbocycles. The molecule has 1 saturated heterocycles. The first-order valence-electron chi connectivity index (χ1n) is 5.72. The van der Waals surface area contributed by atoms with Gasteiger partial charge in [-0.05, 0) is 18.9 Å². The van der Waals surface area contributed by atoms with Crippen LogP contribution < -0.4 is 5.32 Å². The van der Waals surface area contributed by atoms with Crippen molar-refractivity contribution in [1.29, 1.82) is 0 Å². The van der Waals surface area contributed by atoms with Gasteiger partial charge in [-0.15, -0.1) is 0 Å². The molecular formula is C11H19F3N2O.